The summed E-state index contributed by atoms with van der Waals surface area (Å²) in [6, 6.07) is 0. The van der Waals surface area contributed by atoms with Crippen molar-refractivity contribution in [1.29, 1.82) is 0 Å². The Balaban J connectivity index is 2.01. The molecule has 0 bridgehead atoms. The van der Waals surface area contributed by atoms with Crippen molar-refractivity contribution in [3.05, 3.63) is 40.7 Å². The predicted octanol–water partition coefficient (Wildman–Crippen LogP) is 3.57. The van der Waals surface area contributed by atoms with E-state index in [1.54, 1.807) is 6.08 Å². The van der Waals surface area contributed by atoms with Gasteiger partial charge in [0.2, 0.25) is 0 Å². The monoisotopic (exact) mass is 296 g/mol. The number of hydrogen-bond donors (Lipinski definition) is 0. The molecular formula is C13H13ClN2O2S. The van der Waals surface area contributed by atoms with Crippen molar-refractivity contribution in [1.82, 2.24) is 9.38 Å². The number of fused-ring (bicyclic) bond motifs is 1. The molecule has 2 heterocycles. The maximum atomic E-state index is 11.5. The molecule has 0 saturated heterocycles. The van der Waals surface area contributed by atoms with E-state index in [1.165, 1.54) is 17.4 Å². The number of carbonyl (C=O) groups excluding carboxylic acids is 1. The van der Waals surface area contributed by atoms with Gasteiger partial charge in [-0.25, -0.2) is 9.78 Å². The molecule has 2 rings (SSSR count). The first-order valence-corrected chi connectivity index (χ1v) is 7.09. The van der Waals surface area contributed by atoms with Crippen molar-refractivity contribution in [2.75, 3.05) is 6.61 Å². The van der Waals surface area contributed by atoms with E-state index in [9.17, 15) is 4.79 Å². The Bertz CT molecular complexity index is 628. The lowest BCUT2D eigenvalue weighted by atomic mass is 10.4. The number of ether oxygens (including phenoxy) is 1. The quantitative estimate of drug-likeness (QED) is 0.481. The normalized spacial score (nSPS) is 11.9. The van der Waals surface area contributed by atoms with Crippen molar-refractivity contribution >= 4 is 39.9 Å². The van der Waals surface area contributed by atoms with Gasteiger partial charge in [0.25, 0.3) is 0 Å². The molecule has 0 aliphatic heterocycles. The molecule has 0 radical (unpaired) electrons. The minimum atomic E-state index is -0.401. The number of halogens is 1. The van der Waals surface area contributed by atoms with E-state index in [-0.39, 0.29) is 6.61 Å². The number of aromatic nitrogens is 2. The number of nitrogens with zero attached hydrogens (tertiary/aromatic N) is 2. The number of esters is 1. The van der Waals surface area contributed by atoms with Crippen LogP contribution in [0.25, 0.3) is 11.0 Å². The third-order valence-corrected chi connectivity index (χ3v) is 3.39. The number of imidazole rings is 1. The van der Waals surface area contributed by atoms with Gasteiger partial charge < -0.3 is 4.74 Å². The molecule has 0 aliphatic carbocycles. The van der Waals surface area contributed by atoms with Gasteiger partial charge in [-0.2, -0.15) is 0 Å². The highest BCUT2D eigenvalue weighted by Gasteiger charge is 2.08. The average molecular weight is 297 g/mol. The molecule has 4 nitrogen and oxygen atoms in total. The van der Waals surface area contributed by atoms with Crippen LogP contribution in [0.4, 0.5) is 0 Å². The van der Waals surface area contributed by atoms with E-state index in [2.05, 4.69) is 4.98 Å². The highest BCUT2D eigenvalue weighted by molar-refractivity contribution is 7.15. The van der Waals surface area contributed by atoms with Crippen molar-refractivity contribution < 1.29 is 9.53 Å². The van der Waals surface area contributed by atoms with Crippen molar-refractivity contribution in [3.8, 4) is 0 Å². The SMILES string of the molecule is CC/C=C/COC(=O)/C=C/c1c(Cl)nc2sccn12. The summed E-state index contributed by atoms with van der Waals surface area (Å²) in [5.41, 5.74) is 0.680. The lowest BCUT2D eigenvalue weighted by Crippen LogP contribution is -2.00. The van der Waals surface area contributed by atoms with Crippen LogP contribution in [0.15, 0.2) is 29.8 Å². The molecule has 2 aromatic rings. The maximum absolute atomic E-state index is 11.5. The lowest BCUT2D eigenvalue weighted by Gasteiger charge is -1.96. The molecule has 19 heavy (non-hydrogen) atoms. The number of hydrogen-bond acceptors (Lipinski definition) is 4. The van der Waals surface area contributed by atoms with E-state index in [0.29, 0.717) is 10.8 Å². The summed E-state index contributed by atoms with van der Waals surface area (Å²) in [4.78, 5) is 16.4. The molecule has 0 N–H and O–H groups in total. The van der Waals surface area contributed by atoms with Gasteiger partial charge in [0.1, 0.15) is 6.61 Å². The van der Waals surface area contributed by atoms with Crippen LogP contribution in [0.1, 0.15) is 19.0 Å². The zero-order valence-corrected chi connectivity index (χ0v) is 11.9. The molecule has 0 atom stereocenters. The van der Waals surface area contributed by atoms with E-state index in [1.807, 2.05) is 35.1 Å². The zero-order chi connectivity index (χ0) is 13.7. The van der Waals surface area contributed by atoms with Gasteiger partial charge in [0.15, 0.2) is 10.1 Å². The van der Waals surface area contributed by atoms with E-state index in [4.69, 9.17) is 16.3 Å². The first-order chi connectivity index (χ1) is 9.22. The fourth-order valence-corrected chi connectivity index (χ4v) is 2.49. The van der Waals surface area contributed by atoms with Crippen LogP contribution in [0, 0.1) is 0 Å². The lowest BCUT2D eigenvalue weighted by molar-refractivity contribution is -0.136. The number of rotatable bonds is 5. The summed E-state index contributed by atoms with van der Waals surface area (Å²) in [5.74, 6) is -0.401. The molecule has 0 aliphatic rings. The van der Waals surface area contributed by atoms with Crippen LogP contribution in [-0.2, 0) is 9.53 Å². The van der Waals surface area contributed by atoms with E-state index in [0.717, 1.165) is 11.4 Å². The first kappa shape index (κ1) is 13.8. The van der Waals surface area contributed by atoms with Crippen LogP contribution in [0.2, 0.25) is 5.15 Å². The molecule has 0 aromatic carbocycles. The summed E-state index contributed by atoms with van der Waals surface area (Å²) < 4.78 is 6.82. The number of allylic oxidation sites excluding steroid dienone is 1. The Labute approximate surface area is 120 Å². The predicted molar refractivity (Wildman–Crippen MR) is 77.5 cm³/mol. The van der Waals surface area contributed by atoms with Gasteiger partial charge in [-0.1, -0.05) is 30.7 Å². The Morgan fingerprint density at radius 1 is 1.58 bits per heavy atom. The molecule has 0 spiro atoms. The molecule has 0 fully saturated rings. The van der Waals surface area contributed by atoms with Gasteiger partial charge in [0.05, 0.1) is 5.69 Å². The Hall–Kier alpha value is -1.59. The van der Waals surface area contributed by atoms with Gasteiger partial charge in [-0.15, -0.1) is 11.3 Å². The third-order valence-electron chi connectivity index (χ3n) is 2.36. The van der Waals surface area contributed by atoms with E-state index >= 15 is 0 Å². The Kier molecular flexibility index (Phi) is 4.76. The molecule has 0 amide bonds. The standard InChI is InChI=1S/C13H13ClN2O2S/c1-2-3-4-8-18-11(17)6-5-10-12(14)15-13-16(10)7-9-19-13/h3-7,9H,2,8H2,1H3/b4-3+,6-5+. The Morgan fingerprint density at radius 3 is 3.21 bits per heavy atom. The number of carbonyl (C=O) groups is 1. The Morgan fingerprint density at radius 2 is 2.42 bits per heavy atom. The van der Waals surface area contributed by atoms with Crippen LogP contribution in [0.5, 0.6) is 0 Å². The second kappa shape index (κ2) is 6.54. The van der Waals surface area contributed by atoms with E-state index < -0.39 is 5.97 Å². The van der Waals surface area contributed by atoms with Gasteiger partial charge in [-0.3, -0.25) is 4.40 Å². The molecule has 6 heteroatoms. The summed E-state index contributed by atoms with van der Waals surface area (Å²) >= 11 is 7.48. The summed E-state index contributed by atoms with van der Waals surface area (Å²) in [6.07, 6.45) is 9.50. The molecule has 100 valence electrons. The largest absolute Gasteiger partial charge is 0.458 e. The maximum Gasteiger partial charge on any atom is 0.331 e. The van der Waals surface area contributed by atoms with Gasteiger partial charge >= 0.3 is 5.97 Å². The third kappa shape index (κ3) is 3.45. The number of thiazole rings is 1. The highest BCUT2D eigenvalue weighted by atomic mass is 35.5. The first-order valence-electron chi connectivity index (χ1n) is 5.83. The van der Waals surface area contributed by atoms with Crippen LogP contribution in [0.3, 0.4) is 0 Å². The smallest absolute Gasteiger partial charge is 0.331 e. The van der Waals surface area contributed by atoms with Crippen molar-refractivity contribution in [3.63, 3.8) is 0 Å². The molecule has 2 aromatic heterocycles. The fourth-order valence-electron chi connectivity index (χ4n) is 1.49. The fraction of sp³-hybridized carbons (Fsp3) is 0.231. The summed E-state index contributed by atoms with van der Waals surface area (Å²) in [5, 5.41) is 2.28. The second-order valence-electron chi connectivity index (χ2n) is 3.69. The molecule has 0 unspecified atom stereocenters. The van der Waals surface area contributed by atoms with Gasteiger partial charge in [0, 0.05) is 17.7 Å². The average Bonchev–Trinajstić information content (AvgIpc) is 2.93. The van der Waals surface area contributed by atoms with Crippen molar-refractivity contribution in [2.45, 2.75) is 13.3 Å². The van der Waals surface area contributed by atoms with Crippen LogP contribution in [-0.4, -0.2) is 22.0 Å². The van der Waals surface area contributed by atoms with Crippen molar-refractivity contribution in [2.24, 2.45) is 0 Å². The zero-order valence-electron chi connectivity index (χ0n) is 10.4. The van der Waals surface area contributed by atoms with Crippen LogP contribution >= 0.6 is 22.9 Å². The molecular weight excluding hydrogens is 284 g/mol. The summed E-state index contributed by atoms with van der Waals surface area (Å²) in [6.45, 7) is 2.30. The topological polar surface area (TPSA) is 43.6 Å². The van der Waals surface area contributed by atoms with Crippen LogP contribution < -0.4 is 0 Å². The minimum absolute atomic E-state index is 0.283. The van der Waals surface area contributed by atoms with Gasteiger partial charge in [-0.05, 0) is 12.5 Å². The minimum Gasteiger partial charge on any atom is -0.458 e. The molecule has 0 saturated carbocycles. The summed E-state index contributed by atoms with van der Waals surface area (Å²) in [7, 11) is 0. The highest BCUT2D eigenvalue weighted by Crippen LogP contribution is 2.22. The second-order valence-corrected chi connectivity index (χ2v) is 4.92.